The summed E-state index contributed by atoms with van der Waals surface area (Å²) in [6.45, 7) is 8.10. The van der Waals surface area contributed by atoms with E-state index >= 15 is 0 Å². The minimum absolute atomic E-state index is 1.11. The molecule has 0 saturated carbocycles. The molecule has 0 aromatic carbocycles. The second kappa shape index (κ2) is 6.60. The maximum Gasteiger partial charge on any atom is -0.0313 e. The van der Waals surface area contributed by atoms with E-state index in [0.717, 1.165) is 6.42 Å². The van der Waals surface area contributed by atoms with Crippen LogP contribution in [0, 0.1) is 0 Å². The third-order valence-electron chi connectivity index (χ3n) is 1.71. The van der Waals surface area contributed by atoms with Crippen molar-refractivity contribution in [3.63, 3.8) is 0 Å². The van der Waals surface area contributed by atoms with Crippen LogP contribution in [0.3, 0.4) is 0 Å². The molecular formula is C10H18. The maximum atomic E-state index is 3.68. The van der Waals surface area contributed by atoms with Crippen LogP contribution >= 0.6 is 0 Å². The lowest BCUT2D eigenvalue weighted by Gasteiger charge is -1.97. The minimum Gasteiger partial charge on any atom is -0.103 e. The molecule has 0 aliphatic rings. The average molecular weight is 138 g/mol. The number of hydrogen-bond donors (Lipinski definition) is 0. The molecule has 0 aliphatic heterocycles. The topological polar surface area (TPSA) is 0 Å². The first-order chi connectivity index (χ1) is 4.85. The molecule has 0 bridgehead atoms. The quantitative estimate of drug-likeness (QED) is 0.401. The van der Waals surface area contributed by atoms with Crippen LogP contribution in [-0.4, -0.2) is 0 Å². The Morgan fingerprint density at radius 3 is 2.20 bits per heavy atom. The molecule has 0 nitrogen and oxygen atoms in total. The monoisotopic (exact) mass is 138 g/mol. The zero-order chi connectivity index (χ0) is 7.82. The average Bonchev–Trinajstić information content (AvgIpc) is 1.99. The van der Waals surface area contributed by atoms with Crippen molar-refractivity contribution in [3.05, 3.63) is 24.3 Å². The first kappa shape index (κ1) is 9.48. The van der Waals surface area contributed by atoms with Gasteiger partial charge in [0, 0.05) is 0 Å². The van der Waals surface area contributed by atoms with Crippen molar-refractivity contribution in [2.24, 2.45) is 0 Å². The van der Waals surface area contributed by atoms with Gasteiger partial charge in [0.2, 0.25) is 0 Å². The summed E-state index contributed by atoms with van der Waals surface area (Å²) in [5.41, 5.74) is 1.57. The highest BCUT2D eigenvalue weighted by molar-refractivity contribution is 5.00. The van der Waals surface area contributed by atoms with Crippen molar-refractivity contribution < 1.29 is 0 Å². The molecular weight excluding hydrogens is 120 g/mol. The fourth-order valence-corrected chi connectivity index (χ4v) is 0.944. The fourth-order valence-electron chi connectivity index (χ4n) is 0.944. The lowest BCUT2D eigenvalue weighted by Crippen LogP contribution is -1.76. The van der Waals surface area contributed by atoms with Gasteiger partial charge in [-0.25, -0.2) is 0 Å². The Morgan fingerprint density at radius 1 is 1.20 bits per heavy atom. The van der Waals surface area contributed by atoms with Crippen LogP contribution < -0.4 is 0 Å². The lowest BCUT2D eigenvalue weighted by atomic mass is 10.1. The summed E-state index contributed by atoms with van der Waals surface area (Å²) in [5, 5.41) is 0. The molecule has 0 spiro atoms. The summed E-state index contributed by atoms with van der Waals surface area (Å²) in [5.74, 6) is 0. The molecule has 0 heterocycles. The smallest absolute Gasteiger partial charge is 0.0313 e. The van der Waals surface area contributed by atoms with Crippen LogP contribution in [-0.2, 0) is 0 Å². The van der Waals surface area contributed by atoms with E-state index in [0.29, 0.717) is 0 Å². The number of allylic oxidation sites excluding steroid dienone is 3. The van der Waals surface area contributed by atoms with Gasteiger partial charge in [-0.15, -0.1) is 6.58 Å². The van der Waals surface area contributed by atoms with E-state index in [1.54, 1.807) is 5.57 Å². The molecule has 0 N–H and O–H groups in total. The number of unbranched alkanes of at least 4 members (excludes halogenated alkanes) is 1. The summed E-state index contributed by atoms with van der Waals surface area (Å²) in [7, 11) is 0. The Balaban J connectivity index is 3.52. The standard InChI is InChI=1S/C10H18/c1-4-7-8-9-10(5-2)6-3/h4,9H,1,5-8H2,2-3H3. The highest BCUT2D eigenvalue weighted by Gasteiger charge is 1.86. The molecule has 0 aromatic rings. The normalized spacial score (nSPS) is 9.00. The first-order valence-corrected chi connectivity index (χ1v) is 4.13. The van der Waals surface area contributed by atoms with Gasteiger partial charge in [-0.2, -0.15) is 0 Å². The van der Waals surface area contributed by atoms with Gasteiger partial charge in [0.1, 0.15) is 0 Å². The van der Waals surface area contributed by atoms with Gasteiger partial charge in [0.15, 0.2) is 0 Å². The van der Waals surface area contributed by atoms with Crippen LogP contribution in [0.25, 0.3) is 0 Å². The third kappa shape index (κ3) is 4.37. The van der Waals surface area contributed by atoms with Crippen LogP contribution in [0.5, 0.6) is 0 Å². The van der Waals surface area contributed by atoms with Crippen molar-refractivity contribution in [2.75, 3.05) is 0 Å². The van der Waals surface area contributed by atoms with Crippen molar-refractivity contribution in [2.45, 2.75) is 39.5 Å². The predicted molar refractivity (Wildman–Crippen MR) is 48.1 cm³/mol. The Labute approximate surface area is 64.6 Å². The zero-order valence-electron chi connectivity index (χ0n) is 7.19. The van der Waals surface area contributed by atoms with Crippen LogP contribution in [0.1, 0.15) is 39.5 Å². The van der Waals surface area contributed by atoms with E-state index in [4.69, 9.17) is 0 Å². The molecule has 0 amide bonds. The number of rotatable bonds is 5. The first-order valence-electron chi connectivity index (χ1n) is 4.13. The molecule has 0 aliphatic carbocycles. The summed E-state index contributed by atoms with van der Waals surface area (Å²) >= 11 is 0. The Bertz CT molecular complexity index is 103. The number of hydrogen-bond acceptors (Lipinski definition) is 0. The Morgan fingerprint density at radius 2 is 1.80 bits per heavy atom. The third-order valence-corrected chi connectivity index (χ3v) is 1.71. The van der Waals surface area contributed by atoms with Gasteiger partial charge < -0.3 is 0 Å². The van der Waals surface area contributed by atoms with E-state index < -0.39 is 0 Å². The second-order valence-electron chi connectivity index (χ2n) is 2.44. The van der Waals surface area contributed by atoms with E-state index in [9.17, 15) is 0 Å². The molecule has 0 atom stereocenters. The fraction of sp³-hybridized carbons (Fsp3) is 0.600. The summed E-state index contributed by atoms with van der Waals surface area (Å²) in [6, 6.07) is 0. The Hall–Kier alpha value is -0.520. The summed E-state index contributed by atoms with van der Waals surface area (Å²) in [4.78, 5) is 0. The van der Waals surface area contributed by atoms with E-state index in [1.807, 2.05) is 6.08 Å². The van der Waals surface area contributed by atoms with Crippen LogP contribution in [0.4, 0.5) is 0 Å². The van der Waals surface area contributed by atoms with Crippen molar-refractivity contribution >= 4 is 0 Å². The van der Waals surface area contributed by atoms with Crippen LogP contribution in [0.2, 0.25) is 0 Å². The lowest BCUT2D eigenvalue weighted by molar-refractivity contribution is 0.934. The van der Waals surface area contributed by atoms with Gasteiger partial charge in [-0.1, -0.05) is 31.6 Å². The largest absolute Gasteiger partial charge is 0.103 e. The molecule has 0 rings (SSSR count). The van der Waals surface area contributed by atoms with Crippen molar-refractivity contribution in [1.29, 1.82) is 0 Å². The molecule has 0 unspecified atom stereocenters. The second-order valence-corrected chi connectivity index (χ2v) is 2.44. The summed E-state index contributed by atoms with van der Waals surface area (Å²) in [6.07, 6.45) is 8.99. The molecule has 0 heteroatoms. The highest BCUT2D eigenvalue weighted by atomic mass is 13.9. The molecule has 0 radical (unpaired) electrons. The molecule has 0 saturated heterocycles. The van der Waals surface area contributed by atoms with Gasteiger partial charge in [-0.3, -0.25) is 0 Å². The maximum absolute atomic E-state index is 3.68. The van der Waals surface area contributed by atoms with Gasteiger partial charge in [0.05, 0.1) is 0 Å². The van der Waals surface area contributed by atoms with Crippen molar-refractivity contribution in [1.82, 2.24) is 0 Å². The van der Waals surface area contributed by atoms with Gasteiger partial charge in [-0.05, 0) is 25.7 Å². The zero-order valence-corrected chi connectivity index (χ0v) is 7.19. The van der Waals surface area contributed by atoms with Gasteiger partial charge in [0.25, 0.3) is 0 Å². The Kier molecular flexibility index (Phi) is 6.25. The molecule has 0 aromatic heterocycles. The van der Waals surface area contributed by atoms with E-state index in [-0.39, 0.29) is 0 Å². The van der Waals surface area contributed by atoms with E-state index in [2.05, 4.69) is 26.5 Å². The SMILES string of the molecule is C=CCCC=C(CC)CC. The molecule has 0 fully saturated rings. The van der Waals surface area contributed by atoms with E-state index in [1.165, 1.54) is 19.3 Å². The van der Waals surface area contributed by atoms with Gasteiger partial charge >= 0.3 is 0 Å². The summed E-state index contributed by atoms with van der Waals surface area (Å²) < 4.78 is 0. The highest BCUT2D eigenvalue weighted by Crippen LogP contribution is 2.07. The van der Waals surface area contributed by atoms with Crippen LogP contribution in [0.15, 0.2) is 24.3 Å². The minimum atomic E-state index is 1.11. The molecule has 10 heavy (non-hydrogen) atoms. The molecule has 58 valence electrons. The predicted octanol–water partition coefficient (Wildman–Crippen LogP) is 3.70. The van der Waals surface area contributed by atoms with Crippen molar-refractivity contribution in [3.8, 4) is 0 Å².